The molecule has 0 spiro atoms. The Labute approximate surface area is 96.3 Å². The Kier molecular flexibility index (Phi) is 3.39. The van der Waals surface area contributed by atoms with Gasteiger partial charge in [0.15, 0.2) is 0 Å². The summed E-state index contributed by atoms with van der Waals surface area (Å²) in [5.74, 6) is -0.193. The monoisotopic (exact) mass is 218 g/mol. The second-order valence-corrected chi connectivity index (χ2v) is 4.75. The molecule has 1 fully saturated rings. The average molecular weight is 218 g/mol. The van der Waals surface area contributed by atoms with Crippen LogP contribution >= 0.6 is 0 Å². The van der Waals surface area contributed by atoms with E-state index in [9.17, 15) is 9.90 Å². The van der Waals surface area contributed by atoms with Crippen molar-refractivity contribution in [3.8, 4) is 0 Å². The molecule has 1 saturated carbocycles. The number of aliphatic hydroxyl groups is 1. The fraction of sp³-hybridized carbons (Fsp3) is 0.500. The van der Waals surface area contributed by atoms with Crippen LogP contribution < -0.4 is 0 Å². The molecule has 0 amide bonds. The summed E-state index contributed by atoms with van der Waals surface area (Å²) >= 11 is 0. The van der Waals surface area contributed by atoms with E-state index < -0.39 is 5.60 Å². The van der Waals surface area contributed by atoms with E-state index in [-0.39, 0.29) is 5.92 Å². The van der Waals surface area contributed by atoms with Gasteiger partial charge in [-0.1, -0.05) is 43.2 Å². The van der Waals surface area contributed by atoms with Gasteiger partial charge in [0.2, 0.25) is 0 Å². The zero-order chi connectivity index (χ0) is 11.4. The summed E-state index contributed by atoms with van der Waals surface area (Å²) in [6, 6.07) is 9.92. The van der Waals surface area contributed by atoms with Gasteiger partial charge in [-0.3, -0.25) is 0 Å². The van der Waals surface area contributed by atoms with Crippen LogP contribution in [0.15, 0.2) is 30.3 Å². The SMILES string of the molecule is O=CC1CCCCC1(O)Cc1ccccc1. The van der Waals surface area contributed by atoms with Gasteiger partial charge >= 0.3 is 0 Å². The van der Waals surface area contributed by atoms with Crippen LogP contribution in [0.25, 0.3) is 0 Å². The molecular weight excluding hydrogens is 200 g/mol. The van der Waals surface area contributed by atoms with Crippen molar-refractivity contribution in [3.05, 3.63) is 35.9 Å². The number of hydrogen-bond donors (Lipinski definition) is 1. The lowest BCUT2D eigenvalue weighted by molar-refractivity contribution is -0.123. The molecule has 0 radical (unpaired) electrons. The second-order valence-electron chi connectivity index (χ2n) is 4.75. The predicted molar refractivity (Wildman–Crippen MR) is 63.1 cm³/mol. The molecular formula is C14H18O2. The number of rotatable bonds is 3. The quantitative estimate of drug-likeness (QED) is 0.791. The molecule has 16 heavy (non-hydrogen) atoms. The van der Waals surface area contributed by atoms with Crippen molar-refractivity contribution in [2.45, 2.75) is 37.7 Å². The largest absolute Gasteiger partial charge is 0.389 e. The van der Waals surface area contributed by atoms with Crippen LogP contribution in [0.3, 0.4) is 0 Å². The summed E-state index contributed by atoms with van der Waals surface area (Å²) in [4.78, 5) is 11.0. The zero-order valence-corrected chi connectivity index (χ0v) is 9.43. The summed E-state index contributed by atoms with van der Waals surface area (Å²) in [5.41, 5.74) is 0.292. The predicted octanol–water partition coefficient (Wildman–Crippen LogP) is 2.35. The molecule has 0 heterocycles. The van der Waals surface area contributed by atoms with Crippen molar-refractivity contribution in [1.29, 1.82) is 0 Å². The smallest absolute Gasteiger partial charge is 0.125 e. The van der Waals surface area contributed by atoms with E-state index in [4.69, 9.17) is 0 Å². The van der Waals surface area contributed by atoms with E-state index in [1.165, 1.54) is 0 Å². The Balaban J connectivity index is 2.14. The van der Waals surface area contributed by atoms with Crippen LogP contribution in [-0.2, 0) is 11.2 Å². The number of carbonyl (C=O) groups is 1. The van der Waals surface area contributed by atoms with Gasteiger partial charge in [0.05, 0.1) is 5.60 Å². The van der Waals surface area contributed by atoms with Gasteiger partial charge < -0.3 is 9.90 Å². The van der Waals surface area contributed by atoms with Gasteiger partial charge in [0, 0.05) is 12.3 Å². The Morgan fingerprint density at radius 2 is 2.06 bits per heavy atom. The van der Waals surface area contributed by atoms with Crippen LogP contribution in [0, 0.1) is 5.92 Å². The van der Waals surface area contributed by atoms with Gasteiger partial charge in [0.1, 0.15) is 6.29 Å². The molecule has 1 aromatic rings. The first-order chi connectivity index (χ1) is 7.74. The molecule has 0 bridgehead atoms. The van der Waals surface area contributed by atoms with Crippen molar-refractivity contribution in [2.75, 3.05) is 0 Å². The first kappa shape index (κ1) is 11.3. The summed E-state index contributed by atoms with van der Waals surface area (Å²) in [7, 11) is 0. The third-order valence-electron chi connectivity index (χ3n) is 3.58. The molecule has 2 atom stereocenters. The van der Waals surface area contributed by atoms with E-state index >= 15 is 0 Å². The normalized spacial score (nSPS) is 29.9. The molecule has 1 N–H and O–H groups in total. The molecule has 2 unspecified atom stereocenters. The van der Waals surface area contributed by atoms with Crippen LogP contribution in [-0.4, -0.2) is 17.0 Å². The van der Waals surface area contributed by atoms with Crippen LogP contribution in [0.2, 0.25) is 0 Å². The molecule has 1 aliphatic carbocycles. The fourth-order valence-corrected chi connectivity index (χ4v) is 2.61. The standard InChI is InChI=1S/C14H18O2/c15-11-13-8-4-5-9-14(13,16)10-12-6-2-1-3-7-12/h1-3,6-7,11,13,16H,4-5,8-10H2. The minimum absolute atomic E-state index is 0.193. The second kappa shape index (κ2) is 4.79. The Hall–Kier alpha value is -1.15. The van der Waals surface area contributed by atoms with Gasteiger partial charge in [-0.25, -0.2) is 0 Å². The van der Waals surface area contributed by atoms with Gasteiger partial charge in [0.25, 0.3) is 0 Å². The van der Waals surface area contributed by atoms with Crippen molar-refractivity contribution >= 4 is 6.29 Å². The molecule has 86 valence electrons. The lowest BCUT2D eigenvalue weighted by Gasteiger charge is -2.37. The lowest BCUT2D eigenvalue weighted by atomic mass is 9.73. The molecule has 0 saturated heterocycles. The highest BCUT2D eigenvalue weighted by Crippen LogP contribution is 2.35. The fourth-order valence-electron chi connectivity index (χ4n) is 2.61. The van der Waals surface area contributed by atoms with Crippen LogP contribution in [0.4, 0.5) is 0 Å². The summed E-state index contributed by atoms with van der Waals surface area (Å²) < 4.78 is 0. The van der Waals surface area contributed by atoms with E-state index in [1.54, 1.807) is 0 Å². The minimum atomic E-state index is -0.818. The first-order valence-corrected chi connectivity index (χ1v) is 5.96. The van der Waals surface area contributed by atoms with Crippen molar-refractivity contribution in [3.63, 3.8) is 0 Å². The Bertz CT molecular complexity index is 347. The summed E-state index contributed by atoms with van der Waals surface area (Å²) in [6.45, 7) is 0. The van der Waals surface area contributed by atoms with Gasteiger partial charge in [-0.05, 0) is 18.4 Å². The van der Waals surface area contributed by atoms with Gasteiger partial charge in [-0.2, -0.15) is 0 Å². The topological polar surface area (TPSA) is 37.3 Å². The third kappa shape index (κ3) is 2.33. The van der Waals surface area contributed by atoms with Crippen molar-refractivity contribution in [1.82, 2.24) is 0 Å². The van der Waals surface area contributed by atoms with Crippen LogP contribution in [0.1, 0.15) is 31.2 Å². The van der Waals surface area contributed by atoms with E-state index in [0.717, 1.165) is 37.5 Å². The maximum atomic E-state index is 11.0. The maximum Gasteiger partial charge on any atom is 0.125 e. The highest BCUT2D eigenvalue weighted by Gasteiger charge is 2.38. The number of hydrogen-bond acceptors (Lipinski definition) is 2. The Morgan fingerprint density at radius 3 is 2.75 bits per heavy atom. The Morgan fingerprint density at radius 1 is 1.31 bits per heavy atom. The van der Waals surface area contributed by atoms with E-state index in [1.807, 2.05) is 30.3 Å². The van der Waals surface area contributed by atoms with Crippen molar-refractivity contribution < 1.29 is 9.90 Å². The van der Waals surface area contributed by atoms with E-state index in [0.29, 0.717) is 6.42 Å². The molecule has 0 aromatic heterocycles. The van der Waals surface area contributed by atoms with Gasteiger partial charge in [-0.15, -0.1) is 0 Å². The number of aldehydes is 1. The maximum absolute atomic E-state index is 11.0. The third-order valence-corrected chi connectivity index (χ3v) is 3.58. The summed E-state index contributed by atoms with van der Waals surface area (Å²) in [6.07, 6.45) is 5.17. The number of benzene rings is 1. The highest BCUT2D eigenvalue weighted by atomic mass is 16.3. The molecule has 2 rings (SSSR count). The minimum Gasteiger partial charge on any atom is -0.389 e. The van der Waals surface area contributed by atoms with Crippen molar-refractivity contribution in [2.24, 2.45) is 5.92 Å². The molecule has 1 aliphatic rings. The molecule has 2 heteroatoms. The van der Waals surface area contributed by atoms with Crippen LogP contribution in [0.5, 0.6) is 0 Å². The lowest BCUT2D eigenvalue weighted by Crippen LogP contribution is -2.43. The summed E-state index contributed by atoms with van der Waals surface area (Å²) in [5, 5.41) is 10.6. The zero-order valence-electron chi connectivity index (χ0n) is 9.43. The first-order valence-electron chi connectivity index (χ1n) is 5.96. The average Bonchev–Trinajstić information content (AvgIpc) is 2.30. The molecule has 2 nitrogen and oxygen atoms in total. The number of carbonyl (C=O) groups excluding carboxylic acids is 1. The van der Waals surface area contributed by atoms with E-state index in [2.05, 4.69) is 0 Å². The molecule has 1 aromatic carbocycles. The molecule has 0 aliphatic heterocycles. The highest BCUT2D eigenvalue weighted by molar-refractivity contribution is 5.56.